The summed E-state index contributed by atoms with van der Waals surface area (Å²) in [5.41, 5.74) is 1.02. The van der Waals surface area contributed by atoms with Gasteiger partial charge in [-0.05, 0) is 45.2 Å². The van der Waals surface area contributed by atoms with E-state index in [-0.39, 0.29) is 11.8 Å². The zero-order valence-electron chi connectivity index (χ0n) is 14.4. The summed E-state index contributed by atoms with van der Waals surface area (Å²) in [7, 11) is -1.52. The van der Waals surface area contributed by atoms with E-state index in [2.05, 4.69) is 26.3 Å². The predicted molar refractivity (Wildman–Crippen MR) is 95.5 cm³/mol. The molecule has 0 bridgehead atoms. The van der Waals surface area contributed by atoms with Crippen molar-refractivity contribution in [2.75, 3.05) is 44.5 Å². The Morgan fingerprint density at radius 1 is 1.12 bits per heavy atom. The number of ketones is 1. The quantitative estimate of drug-likeness (QED) is 0.707. The van der Waals surface area contributed by atoms with Crippen molar-refractivity contribution in [1.29, 1.82) is 0 Å². The van der Waals surface area contributed by atoms with Gasteiger partial charge in [0.15, 0.2) is 5.78 Å². The molecule has 1 aromatic carbocycles. The predicted octanol–water partition coefficient (Wildman–Crippen LogP) is 0.771. The molecule has 0 atom stereocenters. The molecule has 1 aromatic rings. The highest BCUT2D eigenvalue weighted by atomic mass is 32.2. The van der Waals surface area contributed by atoms with Crippen molar-refractivity contribution in [2.24, 2.45) is 0 Å². The van der Waals surface area contributed by atoms with Crippen LogP contribution in [0.25, 0.3) is 0 Å². The van der Waals surface area contributed by atoms with Gasteiger partial charge in [0.05, 0.1) is 6.54 Å². The second kappa shape index (κ2) is 8.06. The summed E-state index contributed by atoms with van der Waals surface area (Å²) >= 11 is 0. The smallest absolute Gasteiger partial charge is 0.299 e. The normalized spacial score (nSPS) is 17.2. The maximum absolute atomic E-state index is 12.3. The van der Waals surface area contributed by atoms with Gasteiger partial charge in [-0.1, -0.05) is 0 Å². The van der Waals surface area contributed by atoms with Crippen LogP contribution in [0.5, 0.6) is 0 Å². The van der Waals surface area contributed by atoms with E-state index in [0.29, 0.717) is 17.8 Å². The molecule has 1 aliphatic heterocycles. The highest BCUT2D eigenvalue weighted by Gasteiger charge is 2.17. The lowest BCUT2D eigenvalue weighted by atomic mass is 10.1. The summed E-state index contributed by atoms with van der Waals surface area (Å²) in [6.45, 7) is 7.61. The molecule has 1 saturated heterocycles. The van der Waals surface area contributed by atoms with Crippen LogP contribution in [0.2, 0.25) is 0 Å². The van der Waals surface area contributed by atoms with Gasteiger partial charge < -0.3 is 4.90 Å². The molecular formula is C16H26N4O3S. The fraction of sp³-hybridized carbons (Fsp3) is 0.562. The molecule has 7 nitrogen and oxygen atoms in total. The van der Waals surface area contributed by atoms with Crippen molar-refractivity contribution in [3.05, 3.63) is 29.8 Å². The number of likely N-dealkylation sites (N-methyl/N-ethyl adjacent to an activating group) is 1. The molecule has 1 fully saturated rings. The Morgan fingerprint density at radius 2 is 1.71 bits per heavy atom. The second-order valence-electron chi connectivity index (χ2n) is 6.46. The van der Waals surface area contributed by atoms with Gasteiger partial charge in [0.25, 0.3) is 10.2 Å². The molecule has 2 rings (SSSR count). The molecule has 24 heavy (non-hydrogen) atoms. The highest BCUT2D eigenvalue weighted by molar-refractivity contribution is 7.90. The van der Waals surface area contributed by atoms with Gasteiger partial charge in [-0.3, -0.25) is 14.4 Å². The van der Waals surface area contributed by atoms with Crippen LogP contribution in [-0.4, -0.2) is 69.8 Å². The van der Waals surface area contributed by atoms with Crippen molar-refractivity contribution < 1.29 is 13.2 Å². The van der Waals surface area contributed by atoms with Crippen LogP contribution < -0.4 is 9.44 Å². The van der Waals surface area contributed by atoms with E-state index in [9.17, 15) is 13.2 Å². The molecule has 0 aliphatic carbocycles. The number of benzene rings is 1. The Kier molecular flexibility index (Phi) is 6.34. The lowest BCUT2D eigenvalue weighted by Gasteiger charge is -2.31. The monoisotopic (exact) mass is 354 g/mol. The molecule has 0 unspecified atom stereocenters. The van der Waals surface area contributed by atoms with Crippen LogP contribution in [0.3, 0.4) is 0 Å². The van der Waals surface area contributed by atoms with Crippen LogP contribution in [0.4, 0.5) is 5.69 Å². The van der Waals surface area contributed by atoms with E-state index in [1.165, 1.54) is 0 Å². The number of rotatable bonds is 7. The third kappa shape index (κ3) is 5.86. The minimum Gasteiger partial charge on any atom is -0.304 e. The molecule has 0 amide bonds. The summed E-state index contributed by atoms with van der Waals surface area (Å²) < 4.78 is 28.5. The number of anilines is 1. The van der Waals surface area contributed by atoms with Gasteiger partial charge in [0.1, 0.15) is 0 Å². The first-order valence-corrected chi connectivity index (χ1v) is 9.58. The maximum Gasteiger partial charge on any atom is 0.299 e. The van der Waals surface area contributed by atoms with Crippen LogP contribution in [0, 0.1) is 0 Å². The molecule has 0 spiro atoms. The van der Waals surface area contributed by atoms with Crippen molar-refractivity contribution in [2.45, 2.75) is 19.9 Å². The topological polar surface area (TPSA) is 81.8 Å². The average molecular weight is 354 g/mol. The summed E-state index contributed by atoms with van der Waals surface area (Å²) in [6, 6.07) is 6.34. The van der Waals surface area contributed by atoms with Gasteiger partial charge in [-0.2, -0.15) is 13.1 Å². The van der Waals surface area contributed by atoms with E-state index in [1.807, 2.05) is 0 Å². The Morgan fingerprint density at radius 3 is 2.25 bits per heavy atom. The average Bonchev–Trinajstić information content (AvgIpc) is 2.48. The van der Waals surface area contributed by atoms with Gasteiger partial charge >= 0.3 is 0 Å². The summed E-state index contributed by atoms with van der Waals surface area (Å²) in [6.07, 6.45) is 0. The minimum absolute atomic E-state index is 0.0502. The Balaban J connectivity index is 1.92. The zero-order valence-corrected chi connectivity index (χ0v) is 15.3. The van der Waals surface area contributed by atoms with E-state index in [4.69, 9.17) is 0 Å². The first-order valence-electron chi connectivity index (χ1n) is 8.09. The lowest BCUT2D eigenvalue weighted by Crippen LogP contribution is -2.46. The van der Waals surface area contributed by atoms with Crippen LogP contribution >= 0.6 is 0 Å². The number of Topliss-reactive ketones (excluding diaryl/α,β-unsaturated/α-hetero) is 1. The molecular weight excluding hydrogens is 328 g/mol. The number of nitrogens with zero attached hydrogens (tertiary/aromatic N) is 2. The molecule has 8 heteroatoms. The van der Waals surface area contributed by atoms with E-state index in [1.54, 1.807) is 38.1 Å². The first-order chi connectivity index (χ1) is 11.2. The van der Waals surface area contributed by atoms with Gasteiger partial charge in [-0.25, -0.2) is 0 Å². The molecule has 2 N–H and O–H groups in total. The SMILES string of the molecule is CC(C)NS(=O)(=O)Nc1ccc(C(=O)CN2CCN(C)CC2)cc1. The number of piperazine rings is 1. The summed E-state index contributed by atoms with van der Waals surface area (Å²) in [4.78, 5) is 16.7. The molecule has 134 valence electrons. The minimum atomic E-state index is -3.59. The van der Waals surface area contributed by atoms with Crippen molar-refractivity contribution in [3.63, 3.8) is 0 Å². The largest absolute Gasteiger partial charge is 0.304 e. The number of carbonyl (C=O) groups excluding carboxylic acids is 1. The van der Waals surface area contributed by atoms with Crippen LogP contribution in [0.1, 0.15) is 24.2 Å². The van der Waals surface area contributed by atoms with Crippen molar-refractivity contribution in [1.82, 2.24) is 14.5 Å². The second-order valence-corrected chi connectivity index (χ2v) is 7.90. The zero-order chi connectivity index (χ0) is 17.7. The third-order valence-electron chi connectivity index (χ3n) is 3.81. The Hall–Kier alpha value is -1.48. The van der Waals surface area contributed by atoms with Gasteiger partial charge in [0, 0.05) is 43.5 Å². The first kappa shape index (κ1) is 18.9. The fourth-order valence-corrected chi connectivity index (χ4v) is 3.65. The maximum atomic E-state index is 12.3. The highest BCUT2D eigenvalue weighted by Crippen LogP contribution is 2.12. The number of hydrogen-bond donors (Lipinski definition) is 2. The van der Waals surface area contributed by atoms with E-state index >= 15 is 0 Å². The van der Waals surface area contributed by atoms with E-state index < -0.39 is 10.2 Å². The van der Waals surface area contributed by atoms with Crippen molar-refractivity contribution >= 4 is 21.7 Å². The molecule has 1 heterocycles. The van der Waals surface area contributed by atoms with Crippen LogP contribution in [0.15, 0.2) is 24.3 Å². The van der Waals surface area contributed by atoms with Crippen molar-refractivity contribution in [3.8, 4) is 0 Å². The third-order valence-corrected chi connectivity index (χ3v) is 5.10. The number of carbonyl (C=O) groups is 1. The Bertz CT molecular complexity index is 650. The fourth-order valence-electron chi connectivity index (χ4n) is 2.52. The number of nitrogens with one attached hydrogen (secondary N) is 2. The lowest BCUT2D eigenvalue weighted by molar-refractivity contribution is 0.0876. The number of hydrogen-bond acceptors (Lipinski definition) is 5. The van der Waals surface area contributed by atoms with E-state index in [0.717, 1.165) is 26.2 Å². The molecule has 1 aliphatic rings. The van der Waals surface area contributed by atoms with Crippen LogP contribution in [-0.2, 0) is 10.2 Å². The summed E-state index contributed by atoms with van der Waals surface area (Å²) in [5.74, 6) is 0.0502. The summed E-state index contributed by atoms with van der Waals surface area (Å²) in [5, 5.41) is 0. The Labute approximate surface area is 144 Å². The van der Waals surface area contributed by atoms with Gasteiger partial charge in [0.2, 0.25) is 0 Å². The standard InChI is InChI=1S/C16H26N4O3S/c1-13(2)17-24(22,23)18-15-6-4-14(5-7-15)16(21)12-20-10-8-19(3)9-11-20/h4-7,13,17-18H,8-12H2,1-3H3. The molecule has 0 aromatic heterocycles. The molecule has 0 saturated carbocycles. The molecule has 0 radical (unpaired) electrons. The van der Waals surface area contributed by atoms with Gasteiger partial charge in [-0.15, -0.1) is 0 Å².